The van der Waals surface area contributed by atoms with E-state index in [0.717, 1.165) is 25.0 Å². The standard InChI is InChI=1S/C21H26F3N5O/c1-3-4-8-25-20(30)29-11-9-28(10-12-29)18-13-15(2)26-19(27-18)16-6-5-7-17(14-16)21(22,23)24/h5-7,13-14H,3-4,8-12H2,1-2H3,(H,25,30). The number of rotatable bonds is 5. The molecule has 30 heavy (non-hydrogen) atoms. The number of aromatic nitrogens is 2. The predicted molar refractivity (Wildman–Crippen MR) is 109 cm³/mol. The van der Waals surface area contributed by atoms with Crippen LogP contribution < -0.4 is 10.2 Å². The summed E-state index contributed by atoms with van der Waals surface area (Å²) >= 11 is 0. The van der Waals surface area contributed by atoms with Gasteiger partial charge < -0.3 is 15.1 Å². The van der Waals surface area contributed by atoms with Crippen molar-refractivity contribution in [1.82, 2.24) is 20.2 Å². The fourth-order valence-electron chi connectivity index (χ4n) is 3.30. The second-order valence-electron chi connectivity index (χ2n) is 7.33. The highest BCUT2D eigenvalue weighted by Crippen LogP contribution is 2.31. The Morgan fingerprint density at radius 1 is 1.13 bits per heavy atom. The van der Waals surface area contributed by atoms with E-state index in [-0.39, 0.29) is 11.9 Å². The number of unbranched alkanes of at least 4 members (excludes halogenated alkanes) is 1. The van der Waals surface area contributed by atoms with E-state index in [2.05, 4.69) is 22.2 Å². The Bertz CT molecular complexity index is 879. The number of carbonyl (C=O) groups is 1. The molecule has 2 aromatic rings. The topological polar surface area (TPSA) is 61.4 Å². The quantitative estimate of drug-likeness (QED) is 0.739. The first kappa shape index (κ1) is 21.9. The third kappa shape index (κ3) is 5.40. The first-order chi connectivity index (χ1) is 14.3. The number of carbonyl (C=O) groups excluding carboxylic acids is 1. The van der Waals surface area contributed by atoms with Gasteiger partial charge in [0.1, 0.15) is 5.82 Å². The average molecular weight is 421 g/mol. The first-order valence-corrected chi connectivity index (χ1v) is 10.1. The summed E-state index contributed by atoms with van der Waals surface area (Å²) in [7, 11) is 0. The molecule has 6 nitrogen and oxygen atoms in total. The highest BCUT2D eigenvalue weighted by Gasteiger charge is 2.30. The minimum absolute atomic E-state index is 0.0633. The van der Waals surface area contributed by atoms with Crippen molar-refractivity contribution in [3.8, 4) is 11.4 Å². The highest BCUT2D eigenvalue weighted by molar-refractivity contribution is 5.74. The van der Waals surface area contributed by atoms with Crippen LogP contribution in [-0.2, 0) is 6.18 Å². The van der Waals surface area contributed by atoms with Crippen LogP contribution in [0.5, 0.6) is 0 Å². The number of anilines is 1. The monoisotopic (exact) mass is 421 g/mol. The van der Waals surface area contributed by atoms with Crippen LogP contribution in [0.25, 0.3) is 11.4 Å². The van der Waals surface area contributed by atoms with Gasteiger partial charge in [0, 0.05) is 50.0 Å². The maximum Gasteiger partial charge on any atom is 0.416 e. The van der Waals surface area contributed by atoms with Crippen molar-refractivity contribution in [1.29, 1.82) is 0 Å². The van der Waals surface area contributed by atoms with Gasteiger partial charge in [-0.2, -0.15) is 13.2 Å². The van der Waals surface area contributed by atoms with Gasteiger partial charge in [-0.25, -0.2) is 14.8 Å². The van der Waals surface area contributed by atoms with Gasteiger partial charge in [-0.3, -0.25) is 0 Å². The molecule has 1 saturated heterocycles. The molecule has 0 radical (unpaired) electrons. The number of urea groups is 1. The van der Waals surface area contributed by atoms with Crippen molar-refractivity contribution in [3.05, 3.63) is 41.6 Å². The molecule has 0 atom stereocenters. The van der Waals surface area contributed by atoms with E-state index >= 15 is 0 Å². The summed E-state index contributed by atoms with van der Waals surface area (Å²) in [5, 5.41) is 2.92. The molecule has 1 N–H and O–H groups in total. The number of amides is 2. The van der Waals surface area contributed by atoms with Crippen molar-refractivity contribution < 1.29 is 18.0 Å². The molecular weight excluding hydrogens is 395 g/mol. The Hall–Kier alpha value is -2.84. The molecule has 1 aromatic carbocycles. The van der Waals surface area contributed by atoms with E-state index in [9.17, 15) is 18.0 Å². The number of hydrogen-bond donors (Lipinski definition) is 1. The van der Waals surface area contributed by atoms with Crippen LogP contribution in [0, 0.1) is 6.92 Å². The summed E-state index contributed by atoms with van der Waals surface area (Å²) in [6, 6.07) is 6.79. The third-order valence-corrected chi connectivity index (χ3v) is 4.99. The van der Waals surface area contributed by atoms with Crippen molar-refractivity contribution in [2.75, 3.05) is 37.6 Å². The van der Waals surface area contributed by atoms with Gasteiger partial charge in [0.15, 0.2) is 5.82 Å². The summed E-state index contributed by atoms with van der Waals surface area (Å²) in [6.07, 6.45) is -2.45. The molecule has 1 aliphatic heterocycles. The highest BCUT2D eigenvalue weighted by atomic mass is 19.4. The molecule has 0 bridgehead atoms. The molecule has 3 rings (SSSR count). The van der Waals surface area contributed by atoms with E-state index in [1.165, 1.54) is 6.07 Å². The fraction of sp³-hybridized carbons (Fsp3) is 0.476. The molecule has 1 fully saturated rings. The summed E-state index contributed by atoms with van der Waals surface area (Å²) in [5.41, 5.74) is 0.269. The van der Waals surface area contributed by atoms with Crippen LogP contribution in [0.1, 0.15) is 31.0 Å². The number of halogens is 3. The second kappa shape index (κ2) is 9.32. The SMILES string of the molecule is CCCCNC(=O)N1CCN(c2cc(C)nc(-c3cccc(C(F)(F)F)c3)n2)CC1. The largest absolute Gasteiger partial charge is 0.416 e. The molecular formula is C21H26F3N5O. The van der Waals surface area contributed by atoms with Crippen LogP contribution in [0.15, 0.2) is 30.3 Å². The Labute approximate surface area is 174 Å². The van der Waals surface area contributed by atoms with Crippen LogP contribution in [0.4, 0.5) is 23.8 Å². The van der Waals surface area contributed by atoms with Gasteiger partial charge in [-0.15, -0.1) is 0 Å². The Morgan fingerprint density at radius 3 is 2.53 bits per heavy atom. The number of hydrogen-bond acceptors (Lipinski definition) is 4. The van der Waals surface area contributed by atoms with E-state index in [1.54, 1.807) is 17.9 Å². The van der Waals surface area contributed by atoms with Crippen molar-refractivity contribution in [3.63, 3.8) is 0 Å². The lowest BCUT2D eigenvalue weighted by Gasteiger charge is -2.35. The Kier molecular flexibility index (Phi) is 6.79. The molecule has 2 heterocycles. The molecule has 0 aliphatic carbocycles. The number of nitrogens with one attached hydrogen (secondary N) is 1. The van der Waals surface area contributed by atoms with E-state index in [1.807, 2.05) is 11.0 Å². The third-order valence-electron chi connectivity index (χ3n) is 4.99. The zero-order chi connectivity index (χ0) is 21.7. The van der Waals surface area contributed by atoms with Gasteiger partial charge in [0.25, 0.3) is 0 Å². The molecule has 0 unspecified atom stereocenters. The van der Waals surface area contributed by atoms with Crippen LogP contribution in [0.3, 0.4) is 0 Å². The molecule has 0 saturated carbocycles. The maximum atomic E-state index is 13.0. The van der Waals surface area contributed by atoms with Crippen LogP contribution in [-0.4, -0.2) is 53.6 Å². The van der Waals surface area contributed by atoms with Gasteiger partial charge in [0.2, 0.25) is 0 Å². The van der Waals surface area contributed by atoms with Crippen molar-refractivity contribution in [2.45, 2.75) is 32.9 Å². The molecule has 1 aromatic heterocycles. The van der Waals surface area contributed by atoms with E-state index < -0.39 is 11.7 Å². The van der Waals surface area contributed by atoms with Gasteiger partial charge >= 0.3 is 12.2 Å². The zero-order valence-corrected chi connectivity index (χ0v) is 17.2. The van der Waals surface area contributed by atoms with Crippen molar-refractivity contribution >= 4 is 11.8 Å². The number of alkyl halides is 3. The van der Waals surface area contributed by atoms with E-state index in [0.29, 0.717) is 49.8 Å². The molecule has 2 amide bonds. The fourth-order valence-corrected chi connectivity index (χ4v) is 3.30. The first-order valence-electron chi connectivity index (χ1n) is 10.1. The summed E-state index contributed by atoms with van der Waals surface area (Å²) in [5.74, 6) is 0.914. The van der Waals surface area contributed by atoms with Gasteiger partial charge in [-0.1, -0.05) is 25.5 Å². The minimum Gasteiger partial charge on any atom is -0.353 e. The van der Waals surface area contributed by atoms with Crippen LogP contribution >= 0.6 is 0 Å². The summed E-state index contributed by atoms with van der Waals surface area (Å²) < 4.78 is 39.1. The van der Waals surface area contributed by atoms with Crippen LogP contribution in [0.2, 0.25) is 0 Å². The Balaban J connectivity index is 1.72. The normalized spacial score (nSPS) is 14.7. The predicted octanol–water partition coefficient (Wildman–Crippen LogP) is 4.10. The summed E-state index contributed by atoms with van der Waals surface area (Å²) in [4.78, 5) is 24.8. The zero-order valence-electron chi connectivity index (χ0n) is 17.2. The lowest BCUT2D eigenvalue weighted by atomic mass is 10.1. The average Bonchev–Trinajstić information content (AvgIpc) is 2.73. The molecule has 0 spiro atoms. The number of piperazine rings is 1. The minimum atomic E-state index is -4.42. The second-order valence-corrected chi connectivity index (χ2v) is 7.33. The smallest absolute Gasteiger partial charge is 0.353 e. The Morgan fingerprint density at radius 2 is 1.87 bits per heavy atom. The number of nitrogens with zero attached hydrogens (tertiary/aromatic N) is 4. The van der Waals surface area contributed by atoms with Crippen molar-refractivity contribution in [2.24, 2.45) is 0 Å². The summed E-state index contributed by atoms with van der Waals surface area (Å²) in [6.45, 7) is 6.84. The lowest BCUT2D eigenvalue weighted by Crippen LogP contribution is -2.52. The maximum absolute atomic E-state index is 13.0. The van der Waals surface area contributed by atoms with Gasteiger partial charge in [-0.05, 0) is 25.5 Å². The van der Waals surface area contributed by atoms with E-state index in [4.69, 9.17) is 0 Å². The molecule has 162 valence electrons. The molecule has 1 aliphatic rings. The van der Waals surface area contributed by atoms with Gasteiger partial charge in [0.05, 0.1) is 5.56 Å². The lowest BCUT2D eigenvalue weighted by molar-refractivity contribution is -0.137. The number of aryl methyl sites for hydroxylation is 1. The number of benzene rings is 1. The molecule has 9 heteroatoms.